The minimum absolute atomic E-state index is 0. The molecule has 0 saturated heterocycles. The highest BCUT2D eigenvalue weighted by Crippen LogP contribution is 2.22. The van der Waals surface area contributed by atoms with Gasteiger partial charge in [-0.1, -0.05) is 18.2 Å². The van der Waals surface area contributed by atoms with E-state index in [1.54, 1.807) is 18.9 Å². The number of hydrogen-bond donors (Lipinski definition) is 1. The van der Waals surface area contributed by atoms with Crippen LogP contribution in [0.4, 0.5) is 0 Å². The number of rotatable bonds is 5. The van der Waals surface area contributed by atoms with Crippen LogP contribution in [0.25, 0.3) is 11.5 Å². The van der Waals surface area contributed by atoms with Gasteiger partial charge in [-0.25, -0.2) is 4.98 Å². The van der Waals surface area contributed by atoms with Crippen LogP contribution in [0.3, 0.4) is 0 Å². The minimum atomic E-state index is -0.850. The fourth-order valence-corrected chi connectivity index (χ4v) is 1.84. The molecule has 1 aromatic heterocycles. The Balaban J connectivity index is 0.00000220. The van der Waals surface area contributed by atoms with E-state index in [0.717, 1.165) is 11.3 Å². The SMILES string of the molecule is Cc1oc(-c2ccccc2)nc1CN(C)C(C)C(=O)O.Cl. The van der Waals surface area contributed by atoms with E-state index in [9.17, 15) is 4.79 Å². The molecular weight excluding hydrogens is 292 g/mol. The summed E-state index contributed by atoms with van der Waals surface area (Å²) in [5.74, 6) is 0.430. The van der Waals surface area contributed by atoms with Crippen molar-refractivity contribution >= 4 is 18.4 Å². The number of aromatic nitrogens is 1. The van der Waals surface area contributed by atoms with Crippen molar-refractivity contribution < 1.29 is 14.3 Å². The monoisotopic (exact) mass is 310 g/mol. The number of carboxylic acids is 1. The highest BCUT2D eigenvalue weighted by Gasteiger charge is 2.20. The molecule has 0 radical (unpaired) electrons. The predicted molar refractivity (Wildman–Crippen MR) is 82.5 cm³/mol. The minimum Gasteiger partial charge on any atom is -0.480 e. The number of oxazole rings is 1. The molecule has 114 valence electrons. The lowest BCUT2D eigenvalue weighted by atomic mass is 10.2. The van der Waals surface area contributed by atoms with Gasteiger partial charge in [0.05, 0.1) is 5.69 Å². The zero-order valence-corrected chi connectivity index (χ0v) is 13.1. The maximum absolute atomic E-state index is 11.0. The lowest BCUT2D eigenvalue weighted by Gasteiger charge is -2.19. The maximum atomic E-state index is 11.0. The normalized spacial score (nSPS) is 12.0. The lowest BCUT2D eigenvalue weighted by Crippen LogP contribution is -2.35. The molecule has 0 fully saturated rings. The van der Waals surface area contributed by atoms with Gasteiger partial charge in [0.1, 0.15) is 11.8 Å². The number of likely N-dealkylation sites (N-methyl/N-ethyl adjacent to an activating group) is 1. The van der Waals surface area contributed by atoms with Crippen molar-refractivity contribution in [3.63, 3.8) is 0 Å². The smallest absolute Gasteiger partial charge is 0.320 e. The summed E-state index contributed by atoms with van der Waals surface area (Å²) in [5.41, 5.74) is 1.68. The van der Waals surface area contributed by atoms with Gasteiger partial charge in [0, 0.05) is 12.1 Å². The molecule has 1 heterocycles. The molecule has 1 N–H and O–H groups in total. The van der Waals surface area contributed by atoms with Crippen LogP contribution in [0.1, 0.15) is 18.4 Å². The molecule has 1 aromatic carbocycles. The van der Waals surface area contributed by atoms with Crippen molar-refractivity contribution in [1.29, 1.82) is 0 Å². The van der Waals surface area contributed by atoms with Crippen molar-refractivity contribution in [3.8, 4) is 11.5 Å². The predicted octanol–water partition coefficient (Wildman–Crippen LogP) is 2.98. The first-order valence-corrected chi connectivity index (χ1v) is 6.44. The van der Waals surface area contributed by atoms with Crippen molar-refractivity contribution in [2.24, 2.45) is 0 Å². The van der Waals surface area contributed by atoms with Gasteiger partial charge in [0.2, 0.25) is 5.89 Å². The van der Waals surface area contributed by atoms with Gasteiger partial charge in [-0.2, -0.15) is 0 Å². The molecule has 1 atom stereocenters. The molecule has 0 saturated carbocycles. The van der Waals surface area contributed by atoms with E-state index >= 15 is 0 Å². The van der Waals surface area contributed by atoms with Gasteiger partial charge >= 0.3 is 5.97 Å². The van der Waals surface area contributed by atoms with E-state index in [1.165, 1.54) is 0 Å². The second-order valence-corrected chi connectivity index (χ2v) is 4.82. The summed E-state index contributed by atoms with van der Waals surface area (Å²) in [4.78, 5) is 17.1. The van der Waals surface area contributed by atoms with Gasteiger partial charge in [-0.3, -0.25) is 9.69 Å². The summed E-state index contributed by atoms with van der Waals surface area (Å²) in [5, 5.41) is 9.00. The average molecular weight is 311 g/mol. The second kappa shape index (κ2) is 7.24. The molecule has 1 unspecified atom stereocenters. The number of hydrogen-bond acceptors (Lipinski definition) is 4. The Morgan fingerprint density at radius 1 is 1.38 bits per heavy atom. The molecule has 0 bridgehead atoms. The Bertz CT molecular complexity index is 598. The van der Waals surface area contributed by atoms with Crippen LogP contribution in [-0.2, 0) is 11.3 Å². The van der Waals surface area contributed by atoms with E-state index in [4.69, 9.17) is 9.52 Å². The highest BCUT2D eigenvalue weighted by atomic mass is 35.5. The molecule has 0 aliphatic rings. The van der Waals surface area contributed by atoms with Crippen LogP contribution in [0.5, 0.6) is 0 Å². The van der Waals surface area contributed by atoms with Crippen molar-refractivity contribution in [3.05, 3.63) is 41.8 Å². The highest BCUT2D eigenvalue weighted by molar-refractivity contribution is 5.85. The average Bonchev–Trinajstić information content (AvgIpc) is 2.80. The van der Waals surface area contributed by atoms with E-state index in [0.29, 0.717) is 18.2 Å². The zero-order chi connectivity index (χ0) is 14.7. The van der Waals surface area contributed by atoms with Gasteiger partial charge in [0.25, 0.3) is 0 Å². The maximum Gasteiger partial charge on any atom is 0.320 e. The van der Waals surface area contributed by atoms with Crippen LogP contribution in [0.2, 0.25) is 0 Å². The molecule has 0 aliphatic heterocycles. The Hall–Kier alpha value is -1.85. The summed E-state index contributed by atoms with van der Waals surface area (Å²) in [6.07, 6.45) is 0. The second-order valence-electron chi connectivity index (χ2n) is 4.82. The lowest BCUT2D eigenvalue weighted by molar-refractivity contribution is -0.142. The van der Waals surface area contributed by atoms with E-state index < -0.39 is 12.0 Å². The first kappa shape index (κ1) is 17.2. The Morgan fingerprint density at radius 2 is 2.00 bits per heavy atom. The number of aryl methyl sites for hydroxylation is 1. The molecule has 0 amide bonds. The fraction of sp³-hybridized carbons (Fsp3) is 0.333. The number of nitrogens with zero attached hydrogens (tertiary/aromatic N) is 2. The summed E-state index contributed by atoms with van der Waals surface area (Å²) >= 11 is 0. The summed E-state index contributed by atoms with van der Waals surface area (Å²) in [6, 6.07) is 9.08. The first-order chi connectivity index (χ1) is 9.49. The Kier molecular flexibility index (Phi) is 5.93. The quantitative estimate of drug-likeness (QED) is 0.919. The standard InChI is InChI=1S/C15H18N2O3.ClH/c1-10(15(18)19)17(3)9-13-11(2)20-14(16-13)12-7-5-4-6-8-12;/h4-8,10H,9H2,1-3H3,(H,18,19);1H. The number of benzene rings is 1. The molecule has 0 aliphatic carbocycles. The first-order valence-electron chi connectivity index (χ1n) is 6.44. The third-order valence-corrected chi connectivity index (χ3v) is 3.33. The molecule has 5 nitrogen and oxygen atoms in total. The van der Waals surface area contributed by atoms with Crippen LogP contribution in [-0.4, -0.2) is 34.0 Å². The summed E-state index contributed by atoms with van der Waals surface area (Å²) < 4.78 is 5.66. The van der Waals surface area contributed by atoms with Gasteiger partial charge in [-0.15, -0.1) is 12.4 Å². The van der Waals surface area contributed by atoms with Gasteiger partial charge in [0.15, 0.2) is 0 Å². The van der Waals surface area contributed by atoms with E-state index in [1.807, 2.05) is 37.3 Å². The van der Waals surface area contributed by atoms with Crippen molar-refractivity contribution in [1.82, 2.24) is 9.88 Å². The number of carbonyl (C=O) groups is 1. The molecule has 2 rings (SSSR count). The Labute approximate surface area is 130 Å². The molecular formula is C15H19ClN2O3. The third-order valence-electron chi connectivity index (χ3n) is 3.33. The van der Waals surface area contributed by atoms with Crippen LogP contribution in [0, 0.1) is 6.92 Å². The third kappa shape index (κ3) is 4.06. The largest absolute Gasteiger partial charge is 0.480 e. The van der Waals surface area contributed by atoms with Crippen LogP contribution < -0.4 is 0 Å². The number of aliphatic carboxylic acids is 1. The summed E-state index contributed by atoms with van der Waals surface area (Å²) in [7, 11) is 1.76. The van der Waals surface area contributed by atoms with E-state index in [2.05, 4.69) is 4.98 Å². The van der Waals surface area contributed by atoms with Crippen LogP contribution in [0.15, 0.2) is 34.7 Å². The van der Waals surface area contributed by atoms with Gasteiger partial charge in [-0.05, 0) is 33.0 Å². The molecule has 2 aromatic rings. The van der Waals surface area contributed by atoms with Crippen LogP contribution >= 0.6 is 12.4 Å². The topological polar surface area (TPSA) is 66.6 Å². The number of carboxylic acid groups (broad SMARTS) is 1. The van der Waals surface area contributed by atoms with Crippen molar-refractivity contribution in [2.75, 3.05) is 7.05 Å². The molecule has 21 heavy (non-hydrogen) atoms. The molecule has 0 spiro atoms. The molecule has 6 heteroatoms. The zero-order valence-electron chi connectivity index (χ0n) is 12.2. The van der Waals surface area contributed by atoms with Gasteiger partial charge < -0.3 is 9.52 Å². The van der Waals surface area contributed by atoms with Crippen molar-refractivity contribution in [2.45, 2.75) is 26.4 Å². The Morgan fingerprint density at radius 3 is 2.57 bits per heavy atom. The number of halogens is 1. The van der Waals surface area contributed by atoms with E-state index in [-0.39, 0.29) is 12.4 Å². The summed E-state index contributed by atoms with van der Waals surface area (Å²) in [6.45, 7) is 3.93. The fourth-order valence-electron chi connectivity index (χ4n) is 1.84.